The summed E-state index contributed by atoms with van der Waals surface area (Å²) >= 11 is 0. The van der Waals surface area contributed by atoms with E-state index in [1.54, 1.807) is 0 Å². The molecule has 1 aromatic rings. The second-order valence-corrected chi connectivity index (χ2v) is 5.49. The van der Waals surface area contributed by atoms with E-state index in [4.69, 9.17) is 0 Å². The minimum atomic E-state index is 0.327. The third kappa shape index (κ3) is 2.89. The van der Waals surface area contributed by atoms with Crippen molar-refractivity contribution in [2.75, 3.05) is 13.1 Å². The Morgan fingerprint density at radius 2 is 2.12 bits per heavy atom. The van der Waals surface area contributed by atoms with E-state index in [9.17, 15) is 0 Å². The lowest BCUT2D eigenvalue weighted by atomic mass is 9.78. The fraction of sp³-hybridized carbons (Fsp3) is 0.786. The van der Waals surface area contributed by atoms with Gasteiger partial charge in [-0.2, -0.15) is 0 Å². The smallest absolute Gasteiger partial charge is 0.0948 e. The maximum Gasteiger partial charge on any atom is 0.0948 e. The minimum absolute atomic E-state index is 0.327. The lowest BCUT2D eigenvalue weighted by Gasteiger charge is -2.34. The first-order valence-electron chi connectivity index (χ1n) is 6.97. The van der Waals surface area contributed by atoms with E-state index in [1.165, 1.54) is 37.8 Å². The van der Waals surface area contributed by atoms with E-state index in [2.05, 4.69) is 34.9 Å². The van der Waals surface area contributed by atoms with Gasteiger partial charge in [-0.1, -0.05) is 26.7 Å². The van der Waals surface area contributed by atoms with Gasteiger partial charge >= 0.3 is 0 Å². The average Bonchev–Trinajstić information content (AvgIpc) is 2.79. The molecular formula is C14H25N3. The zero-order valence-electron chi connectivity index (χ0n) is 11.2. The van der Waals surface area contributed by atoms with Crippen LogP contribution in [0.3, 0.4) is 0 Å². The second-order valence-electron chi connectivity index (χ2n) is 5.49. The molecule has 17 heavy (non-hydrogen) atoms. The number of aromatic nitrogens is 2. The highest BCUT2D eigenvalue weighted by Crippen LogP contribution is 2.32. The molecule has 0 radical (unpaired) electrons. The third-order valence-electron chi connectivity index (χ3n) is 4.04. The van der Waals surface area contributed by atoms with E-state index < -0.39 is 0 Å². The van der Waals surface area contributed by atoms with E-state index in [0.29, 0.717) is 5.41 Å². The summed E-state index contributed by atoms with van der Waals surface area (Å²) < 4.78 is 2.38. The van der Waals surface area contributed by atoms with Crippen LogP contribution in [0.15, 0.2) is 12.5 Å². The number of imidazole rings is 1. The molecule has 1 fully saturated rings. The largest absolute Gasteiger partial charge is 0.334 e. The number of nitrogens with zero attached hydrogens (tertiary/aromatic N) is 2. The van der Waals surface area contributed by atoms with Crippen LogP contribution in [0.25, 0.3) is 0 Å². The van der Waals surface area contributed by atoms with Crippen LogP contribution in [0.5, 0.6) is 0 Å². The first-order valence-corrected chi connectivity index (χ1v) is 6.97. The van der Waals surface area contributed by atoms with Crippen molar-refractivity contribution in [1.82, 2.24) is 14.9 Å². The molecule has 0 atom stereocenters. The van der Waals surface area contributed by atoms with Gasteiger partial charge in [-0.15, -0.1) is 0 Å². The lowest BCUT2D eigenvalue weighted by molar-refractivity contribution is 0.315. The van der Waals surface area contributed by atoms with Crippen LogP contribution in [-0.4, -0.2) is 22.6 Å². The molecule has 1 aromatic heterocycles. The van der Waals surface area contributed by atoms with Crippen molar-refractivity contribution in [3.8, 4) is 0 Å². The molecular weight excluding hydrogens is 210 g/mol. The molecule has 1 aliphatic heterocycles. The molecule has 0 unspecified atom stereocenters. The first kappa shape index (κ1) is 12.6. The summed E-state index contributed by atoms with van der Waals surface area (Å²) in [4.78, 5) is 4.36. The van der Waals surface area contributed by atoms with Crippen molar-refractivity contribution >= 4 is 0 Å². The molecule has 0 spiro atoms. The summed E-state index contributed by atoms with van der Waals surface area (Å²) in [6, 6.07) is 0. The molecule has 1 aliphatic rings. The van der Waals surface area contributed by atoms with Gasteiger partial charge in [0, 0.05) is 23.9 Å². The van der Waals surface area contributed by atoms with Gasteiger partial charge in [0.2, 0.25) is 0 Å². The number of nitrogens with one attached hydrogen (secondary N) is 1. The summed E-state index contributed by atoms with van der Waals surface area (Å²) in [5.74, 6) is 0. The average molecular weight is 235 g/mol. The quantitative estimate of drug-likeness (QED) is 0.795. The fourth-order valence-electron chi connectivity index (χ4n) is 2.77. The van der Waals surface area contributed by atoms with Crippen LogP contribution in [0, 0.1) is 0 Å². The zero-order valence-corrected chi connectivity index (χ0v) is 11.2. The predicted molar refractivity (Wildman–Crippen MR) is 71.2 cm³/mol. The molecule has 3 heteroatoms. The molecule has 0 aliphatic carbocycles. The van der Waals surface area contributed by atoms with Crippen molar-refractivity contribution in [1.29, 1.82) is 0 Å². The standard InChI is InChI=1S/C14H25N3/c1-3-4-5-10-17-12-16-11-13(17)14(2)6-8-15-9-7-14/h11-12,15H,3-10H2,1-2H3. The zero-order chi connectivity index (χ0) is 12.1. The van der Waals surface area contributed by atoms with Crippen molar-refractivity contribution < 1.29 is 0 Å². The highest BCUT2D eigenvalue weighted by atomic mass is 15.1. The van der Waals surface area contributed by atoms with E-state index in [1.807, 2.05) is 6.33 Å². The molecule has 96 valence electrons. The highest BCUT2D eigenvalue weighted by Gasteiger charge is 2.31. The Labute approximate surface area is 105 Å². The molecule has 0 saturated carbocycles. The number of hydrogen-bond acceptors (Lipinski definition) is 2. The number of piperidine rings is 1. The van der Waals surface area contributed by atoms with Crippen LogP contribution in [0.1, 0.15) is 51.6 Å². The van der Waals surface area contributed by atoms with Gasteiger partial charge in [-0.05, 0) is 32.4 Å². The van der Waals surface area contributed by atoms with E-state index in [-0.39, 0.29) is 0 Å². The minimum Gasteiger partial charge on any atom is -0.334 e. The van der Waals surface area contributed by atoms with Gasteiger partial charge in [0.05, 0.1) is 6.33 Å². The number of rotatable bonds is 5. The maximum absolute atomic E-state index is 4.36. The molecule has 0 aromatic carbocycles. The van der Waals surface area contributed by atoms with Crippen molar-refractivity contribution in [2.24, 2.45) is 0 Å². The summed E-state index contributed by atoms with van der Waals surface area (Å²) in [5.41, 5.74) is 1.77. The Kier molecular flexibility index (Phi) is 4.21. The van der Waals surface area contributed by atoms with Crippen LogP contribution >= 0.6 is 0 Å². The van der Waals surface area contributed by atoms with Crippen LogP contribution in [0.4, 0.5) is 0 Å². The molecule has 1 saturated heterocycles. The SMILES string of the molecule is CCCCCn1cncc1C1(C)CCNCC1. The summed E-state index contributed by atoms with van der Waals surface area (Å²) in [6.45, 7) is 8.05. The van der Waals surface area contributed by atoms with E-state index in [0.717, 1.165) is 19.6 Å². The third-order valence-corrected chi connectivity index (χ3v) is 4.04. The van der Waals surface area contributed by atoms with Gasteiger partial charge in [-0.3, -0.25) is 0 Å². The Hall–Kier alpha value is -0.830. The van der Waals surface area contributed by atoms with Crippen LogP contribution in [0.2, 0.25) is 0 Å². The van der Waals surface area contributed by atoms with Crippen LogP contribution in [-0.2, 0) is 12.0 Å². The summed E-state index contributed by atoms with van der Waals surface area (Å²) in [5, 5.41) is 3.44. The Balaban J connectivity index is 2.06. The number of aryl methyl sites for hydroxylation is 1. The van der Waals surface area contributed by atoms with Gasteiger partial charge in [-0.25, -0.2) is 4.98 Å². The molecule has 1 N–H and O–H groups in total. The molecule has 3 nitrogen and oxygen atoms in total. The molecule has 0 amide bonds. The van der Waals surface area contributed by atoms with Gasteiger partial charge in [0.1, 0.15) is 0 Å². The van der Waals surface area contributed by atoms with Gasteiger partial charge in [0.15, 0.2) is 0 Å². The predicted octanol–water partition coefficient (Wildman–Crippen LogP) is 2.71. The van der Waals surface area contributed by atoms with Gasteiger partial charge < -0.3 is 9.88 Å². The summed E-state index contributed by atoms with van der Waals surface area (Å²) in [7, 11) is 0. The Morgan fingerprint density at radius 1 is 1.35 bits per heavy atom. The van der Waals surface area contributed by atoms with Crippen LogP contribution < -0.4 is 5.32 Å². The van der Waals surface area contributed by atoms with Crippen molar-refractivity contribution in [3.63, 3.8) is 0 Å². The second kappa shape index (κ2) is 5.67. The normalized spacial score (nSPS) is 19.4. The number of hydrogen-bond donors (Lipinski definition) is 1. The molecule has 2 heterocycles. The first-order chi connectivity index (χ1) is 8.26. The summed E-state index contributed by atoms with van der Waals surface area (Å²) in [6.07, 6.45) is 10.4. The van der Waals surface area contributed by atoms with Crippen molar-refractivity contribution in [2.45, 2.75) is 57.9 Å². The fourth-order valence-corrected chi connectivity index (χ4v) is 2.77. The number of unbranched alkanes of at least 4 members (excludes halogenated alkanes) is 2. The van der Waals surface area contributed by atoms with E-state index >= 15 is 0 Å². The molecule has 2 rings (SSSR count). The Morgan fingerprint density at radius 3 is 2.82 bits per heavy atom. The monoisotopic (exact) mass is 235 g/mol. The van der Waals surface area contributed by atoms with Gasteiger partial charge in [0.25, 0.3) is 0 Å². The van der Waals surface area contributed by atoms with Crippen molar-refractivity contribution in [3.05, 3.63) is 18.2 Å². The molecule has 0 bridgehead atoms. The maximum atomic E-state index is 4.36. The lowest BCUT2D eigenvalue weighted by Crippen LogP contribution is -2.39. The Bertz CT molecular complexity index is 337. The topological polar surface area (TPSA) is 29.9 Å². The highest BCUT2D eigenvalue weighted by molar-refractivity contribution is 5.15.